The molecule has 1 amide bonds. The van der Waals surface area contributed by atoms with Crippen LogP contribution < -0.4 is 16.0 Å². The van der Waals surface area contributed by atoms with Gasteiger partial charge in [0.05, 0.1) is 12.2 Å². The van der Waals surface area contributed by atoms with Gasteiger partial charge < -0.3 is 20.9 Å². The number of rotatable bonds is 5. The Kier molecular flexibility index (Phi) is 6.20. The van der Waals surface area contributed by atoms with Crippen LogP contribution in [0.5, 0.6) is 0 Å². The summed E-state index contributed by atoms with van der Waals surface area (Å²) in [7, 11) is 5.76. The molecule has 1 aliphatic rings. The summed E-state index contributed by atoms with van der Waals surface area (Å²) in [6, 6.07) is 0. The van der Waals surface area contributed by atoms with Crippen molar-refractivity contribution in [3.8, 4) is 0 Å². The molecule has 0 radical (unpaired) electrons. The van der Waals surface area contributed by atoms with Gasteiger partial charge in [-0.1, -0.05) is 0 Å². The van der Waals surface area contributed by atoms with Crippen molar-refractivity contribution in [2.45, 2.75) is 25.8 Å². The molecule has 128 valence electrons. The minimum atomic E-state index is -0.224. The lowest BCUT2D eigenvalue weighted by atomic mass is 9.95. The van der Waals surface area contributed by atoms with Crippen molar-refractivity contribution in [1.29, 1.82) is 0 Å². The molecule has 1 atom stereocenters. The van der Waals surface area contributed by atoms with E-state index in [1.807, 2.05) is 19.0 Å². The van der Waals surface area contributed by atoms with Gasteiger partial charge in [0.2, 0.25) is 5.91 Å². The van der Waals surface area contributed by atoms with E-state index in [0.717, 1.165) is 42.7 Å². The molecule has 1 aromatic rings. The molecule has 1 unspecified atom stereocenters. The zero-order valence-electron chi connectivity index (χ0n) is 14.1. The average molecular weight is 338 g/mol. The van der Waals surface area contributed by atoms with Gasteiger partial charge in [-0.25, -0.2) is 4.98 Å². The molecule has 1 saturated heterocycles. The molecule has 2 heterocycles. The van der Waals surface area contributed by atoms with Crippen LogP contribution >= 0.6 is 11.3 Å². The van der Waals surface area contributed by atoms with Crippen LogP contribution in [0.25, 0.3) is 0 Å². The second-order valence-corrected chi connectivity index (χ2v) is 6.88. The molecular formula is C15H26N6OS. The minimum Gasteiger partial charge on any atom is -0.370 e. The van der Waals surface area contributed by atoms with E-state index in [1.54, 1.807) is 18.4 Å². The van der Waals surface area contributed by atoms with Crippen LogP contribution in [0.3, 0.4) is 0 Å². The predicted molar refractivity (Wildman–Crippen MR) is 94.7 cm³/mol. The van der Waals surface area contributed by atoms with E-state index >= 15 is 0 Å². The standard InChI is InChI=1S/C15H26N6OS/c1-17-14(18-8-12-10-23-15(19-12)20(2)3)21-6-4-5-11(9-21)7-13(16)22/h10-11H,4-9H2,1-3H3,(H2,16,22)(H,17,18). The highest BCUT2D eigenvalue weighted by atomic mass is 32.1. The summed E-state index contributed by atoms with van der Waals surface area (Å²) in [5, 5.41) is 6.42. The Morgan fingerprint density at radius 1 is 1.61 bits per heavy atom. The van der Waals surface area contributed by atoms with Gasteiger partial charge in [-0.3, -0.25) is 9.79 Å². The van der Waals surface area contributed by atoms with Gasteiger partial charge in [0.15, 0.2) is 11.1 Å². The van der Waals surface area contributed by atoms with Gasteiger partial charge in [-0.05, 0) is 18.8 Å². The molecule has 0 spiro atoms. The summed E-state index contributed by atoms with van der Waals surface area (Å²) < 4.78 is 0. The van der Waals surface area contributed by atoms with E-state index in [4.69, 9.17) is 5.73 Å². The molecule has 8 heteroatoms. The Hall–Kier alpha value is -1.83. The van der Waals surface area contributed by atoms with Gasteiger partial charge >= 0.3 is 0 Å². The topological polar surface area (TPSA) is 86.8 Å². The second kappa shape index (κ2) is 8.14. The highest BCUT2D eigenvalue weighted by Gasteiger charge is 2.23. The lowest BCUT2D eigenvalue weighted by molar-refractivity contribution is -0.119. The van der Waals surface area contributed by atoms with Crippen molar-refractivity contribution in [2.24, 2.45) is 16.6 Å². The molecular weight excluding hydrogens is 312 g/mol. The number of aliphatic imine (C=N–C) groups is 1. The van der Waals surface area contributed by atoms with Gasteiger partial charge in [0, 0.05) is 46.0 Å². The number of nitrogens with zero attached hydrogens (tertiary/aromatic N) is 4. The second-order valence-electron chi connectivity index (χ2n) is 6.04. The maximum Gasteiger partial charge on any atom is 0.217 e. The van der Waals surface area contributed by atoms with E-state index in [0.29, 0.717) is 18.9 Å². The fraction of sp³-hybridized carbons (Fsp3) is 0.667. The summed E-state index contributed by atoms with van der Waals surface area (Å²) in [5.41, 5.74) is 6.33. The molecule has 2 rings (SSSR count). The van der Waals surface area contributed by atoms with Crippen LogP contribution in [0.1, 0.15) is 25.0 Å². The third-order valence-corrected chi connectivity index (χ3v) is 4.93. The van der Waals surface area contributed by atoms with Crippen LogP contribution in [0, 0.1) is 5.92 Å². The summed E-state index contributed by atoms with van der Waals surface area (Å²) in [4.78, 5) is 24.3. The third kappa shape index (κ3) is 5.09. The number of primary amides is 1. The summed E-state index contributed by atoms with van der Waals surface area (Å²) in [6.07, 6.45) is 2.56. The number of guanidine groups is 1. The number of amides is 1. The highest BCUT2D eigenvalue weighted by Crippen LogP contribution is 2.20. The largest absolute Gasteiger partial charge is 0.370 e. The average Bonchev–Trinajstić information content (AvgIpc) is 2.97. The van der Waals surface area contributed by atoms with Crippen molar-refractivity contribution < 1.29 is 4.79 Å². The lowest BCUT2D eigenvalue weighted by Gasteiger charge is -2.34. The number of carbonyl (C=O) groups excluding carboxylic acids is 1. The number of hydrogen-bond acceptors (Lipinski definition) is 5. The molecule has 1 fully saturated rings. The van der Waals surface area contributed by atoms with Gasteiger partial charge in [0.25, 0.3) is 0 Å². The first-order valence-electron chi connectivity index (χ1n) is 7.85. The summed E-state index contributed by atoms with van der Waals surface area (Å²) >= 11 is 1.63. The molecule has 23 heavy (non-hydrogen) atoms. The Labute approximate surface area is 141 Å². The number of anilines is 1. The van der Waals surface area contributed by atoms with E-state index in [1.165, 1.54) is 0 Å². The van der Waals surface area contributed by atoms with Crippen molar-refractivity contribution in [2.75, 3.05) is 39.1 Å². The number of nitrogens with one attached hydrogen (secondary N) is 1. The number of hydrogen-bond donors (Lipinski definition) is 2. The van der Waals surface area contributed by atoms with Gasteiger partial charge in [0.1, 0.15) is 0 Å². The van der Waals surface area contributed by atoms with Gasteiger partial charge in [-0.15, -0.1) is 11.3 Å². The monoisotopic (exact) mass is 338 g/mol. The number of piperidine rings is 1. The van der Waals surface area contributed by atoms with Crippen LogP contribution in [0.2, 0.25) is 0 Å². The smallest absolute Gasteiger partial charge is 0.217 e. The highest BCUT2D eigenvalue weighted by molar-refractivity contribution is 7.13. The summed E-state index contributed by atoms with van der Waals surface area (Å²) in [6.45, 7) is 2.42. The number of likely N-dealkylation sites (tertiary alicyclic amines) is 1. The van der Waals surface area contributed by atoms with Gasteiger partial charge in [-0.2, -0.15) is 0 Å². The third-order valence-electron chi connectivity index (χ3n) is 3.87. The normalized spacial score (nSPS) is 18.8. The fourth-order valence-electron chi connectivity index (χ4n) is 2.79. The van der Waals surface area contributed by atoms with E-state index in [-0.39, 0.29) is 5.91 Å². The van der Waals surface area contributed by atoms with Crippen LogP contribution in [0.4, 0.5) is 5.13 Å². The molecule has 1 aliphatic heterocycles. The Balaban J connectivity index is 1.90. The molecule has 7 nitrogen and oxygen atoms in total. The predicted octanol–water partition coefficient (Wildman–Crippen LogP) is 0.872. The zero-order valence-corrected chi connectivity index (χ0v) is 14.9. The van der Waals surface area contributed by atoms with Crippen LogP contribution in [-0.2, 0) is 11.3 Å². The molecule has 3 N–H and O–H groups in total. The molecule has 0 saturated carbocycles. The van der Waals surface area contributed by atoms with Crippen molar-refractivity contribution in [1.82, 2.24) is 15.2 Å². The maximum absolute atomic E-state index is 11.1. The van der Waals surface area contributed by atoms with E-state index in [9.17, 15) is 4.79 Å². The first-order valence-corrected chi connectivity index (χ1v) is 8.73. The molecule has 0 bridgehead atoms. The van der Waals surface area contributed by atoms with Crippen molar-refractivity contribution in [3.63, 3.8) is 0 Å². The Bertz CT molecular complexity index is 556. The molecule has 0 aliphatic carbocycles. The van der Waals surface area contributed by atoms with Crippen molar-refractivity contribution >= 4 is 28.3 Å². The minimum absolute atomic E-state index is 0.224. The summed E-state index contributed by atoms with van der Waals surface area (Å²) in [5.74, 6) is 0.955. The first-order chi connectivity index (χ1) is 11.0. The fourth-order valence-corrected chi connectivity index (χ4v) is 3.55. The van der Waals surface area contributed by atoms with Crippen LogP contribution in [-0.4, -0.2) is 56.0 Å². The number of thiazole rings is 1. The molecule has 0 aromatic carbocycles. The quantitative estimate of drug-likeness (QED) is 0.614. The van der Waals surface area contributed by atoms with E-state index < -0.39 is 0 Å². The SMILES string of the molecule is CN=C(NCc1csc(N(C)C)n1)N1CCCC(CC(N)=O)C1. The lowest BCUT2D eigenvalue weighted by Crippen LogP contribution is -2.46. The van der Waals surface area contributed by atoms with Crippen molar-refractivity contribution in [3.05, 3.63) is 11.1 Å². The van der Waals surface area contributed by atoms with E-state index in [2.05, 4.69) is 25.6 Å². The van der Waals surface area contributed by atoms with Crippen LogP contribution in [0.15, 0.2) is 10.4 Å². The first kappa shape index (κ1) is 17.5. The Morgan fingerprint density at radius 2 is 2.39 bits per heavy atom. The number of aromatic nitrogens is 1. The zero-order chi connectivity index (χ0) is 16.8. The Morgan fingerprint density at radius 3 is 3.00 bits per heavy atom. The number of carbonyl (C=O) groups is 1. The maximum atomic E-state index is 11.1. The number of nitrogens with two attached hydrogens (primary N) is 1. The molecule has 1 aromatic heterocycles.